The van der Waals surface area contributed by atoms with Gasteiger partial charge < -0.3 is 17.4 Å². The van der Waals surface area contributed by atoms with Crippen molar-refractivity contribution >= 4 is 19.7 Å². The Balaban J connectivity index is -0.000000720. The Morgan fingerprint density at radius 2 is 1.93 bits per heavy atom. The molecule has 8 nitrogen and oxygen atoms in total. The van der Waals surface area contributed by atoms with Crippen LogP contribution >= 0.6 is 7.82 Å². The van der Waals surface area contributed by atoms with Crippen LogP contribution in [0.2, 0.25) is 0 Å². The van der Waals surface area contributed by atoms with Gasteiger partial charge in [0.1, 0.15) is 6.04 Å². The second kappa shape index (κ2) is 7.04. The van der Waals surface area contributed by atoms with Crippen molar-refractivity contribution in [3.63, 3.8) is 0 Å². The molecule has 0 aromatic rings. The summed E-state index contributed by atoms with van der Waals surface area (Å²) in [6.45, 7) is 0. The van der Waals surface area contributed by atoms with E-state index in [2.05, 4.69) is 10.3 Å². The molecular formula is C4H10KN2O6P. The third-order valence-corrected chi connectivity index (χ3v) is 1.35. The summed E-state index contributed by atoms with van der Waals surface area (Å²) in [6.07, 6.45) is -0.529. The Kier molecular flexibility index (Phi) is 8.60. The van der Waals surface area contributed by atoms with Gasteiger partial charge in [-0.05, 0) is 0 Å². The van der Waals surface area contributed by atoms with Crippen LogP contribution < -0.4 is 62.9 Å². The van der Waals surface area contributed by atoms with Crippen LogP contribution in [0.5, 0.6) is 0 Å². The summed E-state index contributed by atoms with van der Waals surface area (Å²) >= 11 is 0. The third kappa shape index (κ3) is 9.25. The normalized spacial score (nSPS) is 12.5. The van der Waals surface area contributed by atoms with E-state index in [1.807, 2.05) is 0 Å². The molecule has 0 saturated carbocycles. The van der Waals surface area contributed by atoms with Crippen molar-refractivity contribution in [1.82, 2.24) is 0 Å². The number of amides is 1. The fourth-order valence-electron chi connectivity index (χ4n) is 0.485. The standard InChI is InChI=1S/C4H9N2O6P.K.H/c5-2(1-3(6)7)4(8)12-13(9,10)11;;/h2H,1,5H2,(H2,6,7)(H2,9,10,11);;/q;+1;-1/t2-;;/m0../s1. The van der Waals surface area contributed by atoms with Gasteiger partial charge in [0.25, 0.3) is 0 Å². The fraction of sp³-hybridized carbons (Fsp3) is 0.500. The maximum Gasteiger partial charge on any atom is 1.00 e. The first-order chi connectivity index (χ1) is 5.72. The molecule has 0 rings (SSSR count). The summed E-state index contributed by atoms with van der Waals surface area (Å²) in [5.74, 6) is -2.23. The molecule has 0 radical (unpaired) electrons. The molecule has 0 aliphatic heterocycles. The van der Waals surface area contributed by atoms with E-state index in [-0.39, 0.29) is 52.8 Å². The number of carbonyl (C=O) groups is 2. The number of nitrogens with two attached hydrogens (primary N) is 2. The molecule has 0 aliphatic rings. The van der Waals surface area contributed by atoms with Crippen LogP contribution in [0.1, 0.15) is 7.85 Å². The van der Waals surface area contributed by atoms with Gasteiger partial charge in [-0.15, -0.1) is 0 Å². The average molecular weight is 252 g/mol. The quantitative estimate of drug-likeness (QED) is 0.288. The van der Waals surface area contributed by atoms with E-state index in [4.69, 9.17) is 15.5 Å². The van der Waals surface area contributed by atoms with Gasteiger partial charge in [0.2, 0.25) is 5.91 Å². The summed E-state index contributed by atoms with van der Waals surface area (Å²) in [7, 11) is -4.90. The number of hydrogen-bond donors (Lipinski definition) is 4. The van der Waals surface area contributed by atoms with E-state index >= 15 is 0 Å². The van der Waals surface area contributed by atoms with Crippen LogP contribution in [0.3, 0.4) is 0 Å². The monoisotopic (exact) mass is 252 g/mol. The SMILES string of the molecule is NC(=O)C[C@H](N)C(=O)OP(=O)(O)O.[H-].[K+]. The number of carbonyl (C=O) groups excluding carboxylic acids is 2. The van der Waals surface area contributed by atoms with E-state index < -0.39 is 32.2 Å². The van der Waals surface area contributed by atoms with E-state index in [0.29, 0.717) is 0 Å². The number of hydrogen-bond acceptors (Lipinski definition) is 5. The Morgan fingerprint density at radius 1 is 1.50 bits per heavy atom. The van der Waals surface area contributed by atoms with E-state index in [9.17, 15) is 14.2 Å². The van der Waals surface area contributed by atoms with Crippen molar-refractivity contribution in [3.8, 4) is 0 Å². The van der Waals surface area contributed by atoms with E-state index in [1.165, 1.54) is 0 Å². The van der Waals surface area contributed by atoms with E-state index in [1.54, 1.807) is 0 Å². The Bertz CT molecular complexity index is 270. The molecule has 0 spiro atoms. The molecule has 14 heavy (non-hydrogen) atoms. The summed E-state index contributed by atoms with van der Waals surface area (Å²) in [5, 5.41) is 0. The third-order valence-electron chi connectivity index (χ3n) is 0.933. The summed E-state index contributed by atoms with van der Waals surface area (Å²) in [4.78, 5) is 37.2. The number of phosphoric acid groups is 1. The molecule has 0 unspecified atom stereocenters. The predicted molar refractivity (Wildman–Crippen MR) is 41.0 cm³/mol. The summed E-state index contributed by atoms with van der Waals surface area (Å²) in [6, 6.07) is -1.45. The second-order valence-corrected chi connectivity index (χ2v) is 3.34. The molecule has 6 N–H and O–H groups in total. The first-order valence-corrected chi connectivity index (χ1v) is 4.58. The molecule has 0 aromatic heterocycles. The smallest absolute Gasteiger partial charge is 1.00 e. The molecule has 10 heteroatoms. The van der Waals surface area contributed by atoms with Gasteiger partial charge >= 0.3 is 65.2 Å². The molecule has 0 aliphatic carbocycles. The molecule has 0 bridgehead atoms. The van der Waals surface area contributed by atoms with Crippen molar-refractivity contribution in [1.29, 1.82) is 0 Å². The molecule has 78 valence electrons. The van der Waals surface area contributed by atoms with Gasteiger partial charge in [0, 0.05) is 0 Å². The average Bonchev–Trinajstić information content (AvgIpc) is 1.81. The van der Waals surface area contributed by atoms with Crippen molar-refractivity contribution in [3.05, 3.63) is 0 Å². The van der Waals surface area contributed by atoms with Crippen LogP contribution in [0.15, 0.2) is 0 Å². The van der Waals surface area contributed by atoms with Crippen molar-refractivity contribution in [2.45, 2.75) is 12.5 Å². The largest absolute Gasteiger partial charge is 1.00 e. The van der Waals surface area contributed by atoms with Crippen molar-refractivity contribution in [2.75, 3.05) is 0 Å². The minimum atomic E-state index is -4.90. The van der Waals surface area contributed by atoms with Crippen LogP contribution in [-0.4, -0.2) is 27.7 Å². The first-order valence-electron chi connectivity index (χ1n) is 3.05. The fourth-order valence-corrected chi connectivity index (χ4v) is 0.855. The maximum atomic E-state index is 10.6. The molecule has 1 atom stereocenters. The molecule has 0 heterocycles. The molecule has 0 aromatic carbocycles. The summed E-state index contributed by atoms with van der Waals surface area (Å²) < 4.78 is 13.7. The van der Waals surface area contributed by atoms with Gasteiger partial charge in [-0.3, -0.25) is 14.6 Å². The minimum Gasteiger partial charge on any atom is -1.00 e. The second-order valence-electron chi connectivity index (χ2n) is 2.18. The van der Waals surface area contributed by atoms with Crippen LogP contribution in [0, 0.1) is 0 Å². The van der Waals surface area contributed by atoms with Crippen molar-refractivity contribution < 1.29 is 81.3 Å². The number of rotatable bonds is 4. The van der Waals surface area contributed by atoms with Crippen molar-refractivity contribution in [2.24, 2.45) is 11.5 Å². The predicted octanol–water partition coefficient (Wildman–Crippen LogP) is -5.06. The number of primary amides is 1. The first kappa shape index (κ1) is 17.1. The van der Waals surface area contributed by atoms with Gasteiger partial charge in [-0.1, -0.05) is 0 Å². The topological polar surface area (TPSA) is 153 Å². The Morgan fingerprint density at radius 3 is 2.21 bits per heavy atom. The molecule has 0 fully saturated rings. The van der Waals surface area contributed by atoms with Crippen LogP contribution in [-0.2, 0) is 18.7 Å². The number of phosphoric ester groups is 1. The van der Waals surface area contributed by atoms with Gasteiger partial charge in [0.05, 0.1) is 6.42 Å². The van der Waals surface area contributed by atoms with Gasteiger partial charge in [-0.2, -0.15) is 0 Å². The van der Waals surface area contributed by atoms with Crippen LogP contribution in [0.4, 0.5) is 0 Å². The molecular weight excluding hydrogens is 242 g/mol. The van der Waals surface area contributed by atoms with E-state index in [0.717, 1.165) is 0 Å². The molecule has 0 saturated heterocycles. The van der Waals surface area contributed by atoms with Crippen LogP contribution in [0.25, 0.3) is 0 Å². The minimum absolute atomic E-state index is 0. The zero-order valence-corrected chi connectivity index (χ0v) is 11.4. The maximum absolute atomic E-state index is 10.6. The van der Waals surface area contributed by atoms with Gasteiger partial charge in [-0.25, -0.2) is 9.36 Å². The Hall–Kier alpha value is 0.686. The molecule has 1 amide bonds. The zero-order chi connectivity index (χ0) is 10.6. The van der Waals surface area contributed by atoms with Gasteiger partial charge in [0.15, 0.2) is 0 Å². The zero-order valence-electron chi connectivity index (χ0n) is 8.41. The summed E-state index contributed by atoms with van der Waals surface area (Å²) in [5.41, 5.74) is 9.68. The Labute approximate surface area is 123 Å².